The number of rotatable bonds is 4. The molecule has 0 unspecified atom stereocenters. The van der Waals surface area contributed by atoms with Crippen LogP contribution in [0.15, 0.2) is 52.9 Å². The van der Waals surface area contributed by atoms with E-state index in [1.54, 1.807) is 31.4 Å². The first kappa shape index (κ1) is 14.5. The van der Waals surface area contributed by atoms with Gasteiger partial charge < -0.3 is 14.5 Å². The Hall–Kier alpha value is -2.46. The van der Waals surface area contributed by atoms with Crippen molar-refractivity contribution in [1.82, 2.24) is 5.32 Å². The first-order valence-electron chi connectivity index (χ1n) is 6.76. The van der Waals surface area contributed by atoms with Gasteiger partial charge in [0, 0.05) is 17.0 Å². The lowest BCUT2D eigenvalue weighted by Crippen LogP contribution is -2.22. The maximum Gasteiger partial charge on any atom is 0.287 e. The van der Waals surface area contributed by atoms with Crippen molar-refractivity contribution in [2.75, 3.05) is 7.11 Å². The van der Waals surface area contributed by atoms with Crippen molar-refractivity contribution >= 4 is 28.5 Å². The average molecular weight is 316 g/mol. The van der Waals surface area contributed by atoms with Crippen LogP contribution in [0, 0.1) is 0 Å². The fraction of sp³-hybridized carbons (Fsp3) is 0.118. The second-order valence-electron chi connectivity index (χ2n) is 4.82. The number of halogens is 1. The summed E-state index contributed by atoms with van der Waals surface area (Å²) in [4.78, 5) is 12.1. The molecule has 2 aromatic carbocycles. The van der Waals surface area contributed by atoms with Gasteiger partial charge in [-0.3, -0.25) is 4.79 Å². The number of methoxy groups -OCH3 is 1. The molecule has 5 heteroatoms. The average Bonchev–Trinajstić information content (AvgIpc) is 2.96. The third-order valence-electron chi connectivity index (χ3n) is 3.31. The highest BCUT2D eigenvalue weighted by molar-refractivity contribution is 6.31. The van der Waals surface area contributed by atoms with E-state index < -0.39 is 0 Å². The fourth-order valence-electron chi connectivity index (χ4n) is 2.14. The molecule has 4 nitrogen and oxygen atoms in total. The van der Waals surface area contributed by atoms with Crippen molar-refractivity contribution < 1.29 is 13.9 Å². The van der Waals surface area contributed by atoms with Gasteiger partial charge in [0.1, 0.15) is 11.3 Å². The molecule has 0 spiro atoms. The number of ether oxygens (including phenoxy) is 1. The SMILES string of the molecule is COc1ccc(CNC(=O)c2cc3cc(Cl)ccc3o2)cc1. The topological polar surface area (TPSA) is 51.5 Å². The second-order valence-corrected chi connectivity index (χ2v) is 5.26. The summed E-state index contributed by atoms with van der Waals surface area (Å²) in [5, 5.41) is 4.24. The zero-order chi connectivity index (χ0) is 15.5. The standard InChI is InChI=1S/C17H14ClNO3/c1-21-14-5-2-11(3-6-14)10-19-17(20)16-9-12-8-13(18)4-7-15(12)22-16/h2-9H,10H2,1H3,(H,19,20). The monoisotopic (exact) mass is 315 g/mol. The van der Waals surface area contributed by atoms with Crippen LogP contribution in [0.1, 0.15) is 16.1 Å². The summed E-state index contributed by atoms with van der Waals surface area (Å²) in [5.74, 6) is 0.790. The quantitative estimate of drug-likeness (QED) is 0.791. The number of amides is 1. The van der Waals surface area contributed by atoms with E-state index in [0.717, 1.165) is 16.7 Å². The normalized spacial score (nSPS) is 10.6. The molecule has 3 aromatic rings. The fourth-order valence-corrected chi connectivity index (χ4v) is 2.32. The van der Waals surface area contributed by atoms with Crippen LogP contribution in [0.4, 0.5) is 0 Å². The summed E-state index contributed by atoms with van der Waals surface area (Å²) in [6.07, 6.45) is 0. The van der Waals surface area contributed by atoms with Gasteiger partial charge in [-0.15, -0.1) is 0 Å². The van der Waals surface area contributed by atoms with Gasteiger partial charge in [-0.05, 0) is 42.0 Å². The Morgan fingerprint density at radius 3 is 2.68 bits per heavy atom. The third-order valence-corrected chi connectivity index (χ3v) is 3.55. The highest BCUT2D eigenvalue weighted by atomic mass is 35.5. The summed E-state index contributed by atoms with van der Waals surface area (Å²) >= 11 is 5.92. The predicted octanol–water partition coefficient (Wildman–Crippen LogP) is 4.02. The van der Waals surface area contributed by atoms with Crippen molar-refractivity contribution in [2.24, 2.45) is 0 Å². The smallest absolute Gasteiger partial charge is 0.287 e. The number of nitrogens with one attached hydrogen (secondary N) is 1. The van der Waals surface area contributed by atoms with Crippen LogP contribution in [0.3, 0.4) is 0 Å². The lowest BCUT2D eigenvalue weighted by Gasteiger charge is -2.04. The molecule has 1 amide bonds. The maximum absolute atomic E-state index is 12.1. The van der Waals surface area contributed by atoms with Gasteiger partial charge in [-0.25, -0.2) is 0 Å². The van der Waals surface area contributed by atoms with Crippen LogP contribution in [0.5, 0.6) is 5.75 Å². The highest BCUT2D eigenvalue weighted by Gasteiger charge is 2.12. The molecule has 0 aliphatic carbocycles. The lowest BCUT2D eigenvalue weighted by molar-refractivity contribution is 0.0925. The van der Waals surface area contributed by atoms with Gasteiger partial charge in [0.15, 0.2) is 5.76 Å². The molecule has 0 saturated heterocycles. The van der Waals surface area contributed by atoms with Crippen molar-refractivity contribution in [3.05, 3.63) is 64.9 Å². The van der Waals surface area contributed by atoms with E-state index in [2.05, 4.69) is 5.32 Å². The Balaban J connectivity index is 1.69. The van der Waals surface area contributed by atoms with E-state index in [1.807, 2.05) is 24.3 Å². The lowest BCUT2D eigenvalue weighted by atomic mass is 10.2. The molecule has 0 aliphatic heterocycles. The van der Waals surface area contributed by atoms with Crippen molar-refractivity contribution in [3.63, 3.8) is 0 Å². The van der Waals surface area contributed by atoms with E-state index >= 15 is 0 Å². The molecular weight excluding hydrogens is 302 g/mol. The zero-order valence-electron chi connectivity index (χ0n) is 11.9. The molecule has 0 fully saturated rings. The van der Waals surface area contributed by atoms with Gasteiger partial charge >= 0.3 is 0 Å². The van der Waals surface area contributed by atoms with E-state index in [0.29, 0.717) is 17.2 Å². The largest absolute Gasteiger partial charge is 0.497 e. The highest BCUT2D eigenvalue weighted by Crippen LogP contribution is 2.23. The summed E-state index contributed by atoms with van der Waals surface area (Å²) in [7, 11) is 1.62. The Labute approximate surface area is 132 Å². The molecule has 1 N–H and O–H groups in total. The van der Waals surface area contributed by atoms with Gasteiger partial charge in [0.05, 0.1) is 7.11 Å². The maximum atomic E-state index is 12.1. The van der Waals surface area contributed by atoms with Gasteiger partial charge in [0.25, 0.3) is 5.91 Å². The summed E-state index contributed by atoms with van der Waals surface area (Å²) in [6.45, 7) is 0.417. The number of benzene rings is 2. The molecule has 0 radical (unpaired) electrons. The van der Waals surface area contributed by atoms with Gasteiger partial charge in [-0.1, -0.05) is 23.7 Å². The molecule has 1 heterocycles. The van der Waals surface area contributed by atoms with Crippen LogP contribution >= 0.6 is 11.6 Å². The molecule has 0 atom stereocenters. The molecule has 112 valence electrons. The number of hydrogen-bond acceptors (Lipinski definition) is 3. The number of furan rings is 1. The number of hydrogen-bond donors (Lipinski definition) is 1. The van der Waals surface area contributed by atoms with Crippen molar-refractivity contribution in [3.8, 4) is 5.75 Å². The van der Waals surface area contributed by atoms with E-state index in [9.17, 15) is 4.79 Å². The summed E-state index contributed by atoms with van der Waals surface area (Å²) in [6, 6.07) is 14.4. The molecular formula is C17H14ClNO3. The number of carbonyl (C=O) groups is 1. The minimum absolute atomic E-state index is 0.261. The first-order chi connectivity index (χ1) is 10.7. The number of fused-ring (bicyclic) bond motifs is 1. The van der Waals surface area contributed by atoms with Crippen LogP contribution in [0.25, 0.3) is 11.0 Å². The van der Waals surface area contributed by atoms with Gasteiger partial charge in [-0.2, -0.15) is 0 Å². The van der Waals surface area contributed by atoms with E-state index in [-0.39, 0.29) is 11.7 Å². The Bertz CT molecular complexity index is 808. The molecule has 0 saturated carbocycles. The van der Waals surface area contributed by atoms with Crippen molar-refractivity contribution in [1.29, 1.82) is 0 Å². The molecule has 22 heavy (non-hydrogen) atoms. The minimum atomic E-state index is -0.261. The van der Waals surface area contributed by atoms with Gasteiger partial charge in [0.2, 0.25) is 0 Å². The first-order valence-corrected chi connectivity index (χ1v) is 7.14. The summed E-state index contributed by atoms with van der Waals surface area (Å²) in [5.41, 5.74) is 1.62. The Morgan fingerprint density at radius 2 is 1.95 bits per heavy atom. The van der Waals surface area contributed by atoms with Crippen molar-refractivity contribution in [2.45, 2.75) is 6.54 Å². The predicted molar refractivity (Wildman–Crippen MR) is 85.4 cm³/mol. The van der Waals surface area contributed by atoms with Crippen LogP contribution < -0.4 is 10.1 Å². The van der Waals surface area contributed by atoms with Crippen LogP contribution in [-0.4, -0.2) is 13.0 Å². The van der Waals surface area contributed by atoms with E-state index in [1.165, 1.54) is 0 Å². The van der Waals surface area contributed by atoms with Crippen LogP contribution in [-0.2, 0) is 6.54 Å². The molecule has 1 aromatic heterocycles. The summed E-state index contributed by atoms with van der Waals surface area (Å²) < 4.78 is 10.6. The zero-order valence-corrected chi connectivity index (χ0v) is 12.7. The molecule has 0 aliphatic rings. The third kappa shape index (κ3) is 3.07. The Kier molecular flexibility index (Phi) is 4.02. The second kappa shape index (κ2) is 6.12. The molecule has 0 bridgehead atoms. The molecule has 3 rings (SSSR count). The Morgan fingerprint density at radius 1 is 1.18 bits per heavy atom. The minimum Gasteiger partial charge on any atom is -0.497 e. The van der Waals surface area contributed by atoms with Crippen LogP contribution in [0.2, 0.25) is 5.02 Å². The number of carbonyl (C=O) groups excluding carboxylic acids is 1. The van der Waals surface area contributed by atoms with E-state index in [4.69, 9.17) is 20.8 Å².